The van der Waals surface area contributed by atoms with E-state index in [0.29, 0.717) is 11.6 Å². The molecule has 1 heterocycles. The highest BCUT2D eigenvalue weighted by atomic mass is 32.1. The Morgan fingerprint density at radius 3 is 2.88 bits per heavy atom. The Balaban J connectivity index is 2.18. The van der Waals surface area contributed by atoms with Gasteiger partial charge in [-0.25, -0.2) is 4.79 Å². The number of nitrogens with zero attached hydrogens (tertiary/aromatic N) is 3. The minimum atomic E-state index is -0.879. The second kappa shape index (κ2) is 5.95. The Morgan fingerprint density at radius 1 is 1.56 bits per heavy atom. The van der Waals surface area contributed by atoms with Crippen molar-refractivity contribution in [2.24, 2.45) is 5.92 Å². The molecular weight excluding hydrogens is 234 g/mol. The van der Waals surface area contributed by atoms with Gasteiger partial charge in [0, 0.05) is 18.1 Å². The summed E-state index contributed by atoms with van der Waals surface area (Å²) in [5, 5.41) is 20.6. The van der Waals surface area contributed by atoms with Crippen molar-refractivity contribution < 1.29 is 14.7 Å². The molecule has 0 aliphatic heterocycles. The minimum Gasteiger partial charge on any atom is -0.481 e. The summed E-state index contributed by atoms with van der Waals surface area (Å²) < 4.78 is 3.47. The number of urea groups is 1. The standard InChI is InChI=1S/C7H11N5O3S/c1-4(5(13)14)2-3-8-6(15)9-7-10-11-12-16-7/h4H,2-3H2,1H3,(H,13,14)(H2,8,9,10,12,15). The highest BCUT2D eigenvalue weighted by Gasteiger charge is 2.11. The molecular formula is C7H11N5O3S. The average Bonchev–Trinajstić information content (AvgIpc) is 2.70. The molecule has 88 valence electrons. The fourth-order valence-electron chi connectivity index (χ4n) is 0.849. The van der Waals surface area contributed by atoms with Crippen molar-refractivity contribution in [2.75, 3.05) is 11.9 Å². The maximum absolute atomic E-state index is 11.2. The summed E-state index contributed by atoms with van der Waals surface area (Å²) >= 11 is 0.958. The first-order valence-electron chi connectivity index (χ1n) is 4.52. The number of aromatic nitrogens is 3. The largest absolute Gasteiger partial charge is 0.481 e. The molecule has 0 aliphatic carbocycles. The zero-order chi connectivity index (χ0) is 12.0. The number of carbonyl (C=O) groups is 2. The Bertz CT molecular complexity index is 355. The maximum Gasteiger partial charge on any atom is 0.321 e. The predicted octanol–water partition coefficient (Wildman–Crippen LogP) is 0.165. The lowest BCUT2D eigenvalue weighted by Crippen LogP contribution is -2.31. The van der Waals surface area contributed by atoms with Crippen LogP contribution in [-0.2, 0) is 4.79 Å². The van der Waals surface area contributed by atoms with E-state index in [0.717, 1.165) is 11.5 Å². The Morgan fingerprint density at radius 2 is 2.31 bits per heavy atom. The molecule has 0 saturated carbocycles. The van der Waals surface area contributed by atoms with E-state index in [1.165, 1.54) is 0 Å². The van der Waals surface area contributed by atoms with Crippen molar-refractivity contribution >= 4 is 28.7 Å². The number of carboxylic acid groups (broad SMARTS) is 1. The van der Waals surface area contributed by atoms with Crippen LogP contribution in [0.3, 0.4) is 0 Å². The van der Waals surface area contributed by atoms with Crippen LogP contribution in [0.1, 0.15) is 13.3 Å². The lowest BCUT2D eigenvalue weighted by atomic mass is 10.1. The molecule has 9 heteroatoms. The van der Waals surface area contributed by atoms with Crippen LogP contribution in [0.15, 0.2) is 0 Å². The van der Waals surface area contributed by atoms with Gasteiger partial charge in [0.1, 0.15) is 0 Å². The van der Waals surface area contributed by atoms with Crippen molar-refractivity contribution in [1.82, 2.24) is 20.1 Å². The smallest absolute Gasteiger partial charge is 0.321 e. The first kappa shape index (κ1) is 12.3. The molecule has 16 heavy (non-hydrogen) atoms. The zero-order valence-electron chi connectivity index (χ0n) is 8.51. The van der Waals surface area contributed by atoms with Crippen LogP contribution in [0.5, 0.6) is 0 Å². The number of rotatable bonds is 5. The summed E-state index contributed by atoms with van der Waals surface area (Å²) in [6, 6.07) is -0.448. The predicted molar refractivity (Wildman–Crippen MR) is 56.1 cm³/mol. The van der Waals surface area contributed by atoms with Crippen LogP contribution < -0.4 is 10.6 Å². The third-order valence-corrected chi connectivity index (χ3v) is 2.32. The third kappa shape index (κ3) is 4.17. The summed E-state index contributed by atoms with van der Waals surface area (Å²) in [6.45, 7) is 1.86. The van der Waals surface area contributed by atoms with E-state index in [4.69, 9.17) is 5.11 Å². The summed E-state index contributed by atoms with van der Waals surface area (Å²) in [4.78, 5) is 21.7. The molecule has 1 atom stereocenters. The molecule has 1 rings (SSSR count). The van der Waals surface area contributed by atoms with Crippen LogP contribution >= 0.6 is 11.5 Å². The van der Waals surface area contributed by atoms with Gasteiger partial charge in [0.05, 0.1) is 5.92 Å². The maximum atomic E-state index is 11.2. The van der Waals surface area contributed by atoms with Gasteiger partial charge >= 0.3 is 12.0 Å². The third-order valence-electron chi connectivity index (χ3n) is 1.80. The molecule has 2 amide bonds. The highest BCUT2D eigenvalue weighted by Crippen LogP contribution is 2.04. The van der Waals surface area contributed by atoms with E-state index >= 15 is 0 Å². The Hall–Kier alpha value is -1.77. The Kier molecular flexibility index (Phi) is 4.58. The monoisotopic (exact) mass is 245 g/mol. The molecule has 0 aliphatic rings. The number of aliphatic carboxylic acids is 1. The van der Waals surface area contributed by atoms with Gasteiger partial charge in [-0.2, -0.15) is 0 Å². The molecule has 8 nitrogen and oxygen atoms in total. The minimum absolute atomic E-state index is 0.283. The van der Waals surface area contributed by atoms with Crippen molar-refractivity contribution in [3.8, 4) is 0 Å². The number of carboxylic acids is 1. The van der Waals surface area contributed by atoms with Crippen LogP contribution in [-0.4, -0.2) is 38.5 Å². The second-order valence-corrected chi connectivity index (χ2v) is 3.81. The fraction of sp³-hybridized carbons (Fsp3) is 0.571. The summed E-state index contributed by atoms with van der Waals surface area (Å²) in [5.74, 6) is -1.36. The van der Waals surface area contributed by atoms with Gasteiger partial charge in [-0.05, 0) is 11.6 Å². The molecule has 1 aromatic heterocycles. The van der Waals surface area contributed by atoms with Crippen molar-refractivity contribution in [2.45, 2.75) is 13.3 Å². The molecule has 1 aromatic rings. The highest BCUT2D eigenvalue weighted by molar-refractivity contribution is 7.09. The number of hydrogen-bond donors (Lipinski definition) is 3. The van der Waals surface area contributed by atoms with Gasteiger partial charge in [-0.15, -0.1) is 0 Å². The average molecular weight is 245 g/mol. The summed E-state index contributed by atoms with van der Waals surface area (Å²) in [5.41, 5.74) is 0. The molecule has 3 N–H and O–H groups in total. The molecule has 0 bridgehead atoms. The van der Waals surface area contributed by atoms with E-state index in [2.05, 4.69) is 25.4 Å². The molecule has 1 unspecified atom stereocenters. The summed E-state index contributed by atoms with van der Waals surface area (Å²) in [6.07, 6.45) is 0.372. The molecule has 0 aromatic carbocycles. The number of nitrogens with one attached hydrogen (secondary N) is 2. The Labute approximate surface area is 95.2 Å². The number of hydrogen-bond acceptors (Lipinski definition) is 6. The van der Waals surface area contributed by atoms with Crippen molar-refractivity contribution in [3.63, 3.8) is 0 Å². The lowest BCUT2D eigenvalue weighted by molar-refractivity contribution is -0.141. The van der Waals surface area contributed by atoms with Crippen LogP contribution in [0.25, 0.3) is 0 Å². The quantitative estimate of drug-likeness (QED) is 0.680. The number of carbonyl (C=O) groups excluding carboxylic acids is 1. The SMILES string of the molecule is CC(CCNC(=O)Nc1nnns1)C(=O)O. The molecule has 0 fully saturated rings. The zero-order valence-corrected chi connectivity index (χ0v) is 9.32. The number of anilines is 1. The van der Waals surface area contributed by atoms with Gasteiger partial charge in [0.15, 0.2) is 0 Å². The first-order chi connectivity index (χ1) is 7.59. The fourth-order valence-corrected chi connectivity index (χ4v) is 1.21. The van der Waals surface area contributed by atoms with Gasteiger partial charge < -0.3 is 10.4 Å². The van der Waals surface area contributed by atoms with E-state index < -0.39 is 17.9 Å². The van der Waals surface area contributed by atoms with Crippen LogP contribution in [0.4, 0.5) is 9.93 Å². The van der Waals surface area contributed by atoms with E-state index in [1.54, 1.807) is 6.92 Å². The molecule has 0 saturated heterocycles. The lowest BCUT2D eigenvalue weighted by Gasteiger charge is -2.07. The van der Waals surface area contributed by atoms with Gasteiger partial charge in [-0.3, -0.25) is 10.1 Å². The van der Waals surface area contributed by atoms with Crippen molar-refractivity contribution in [3.05, 3.63) is 0 Å². The number of amides is 2. The summed E-state index contributed by atoms with van der Waals surface area (Å²) in [7, 11) is 0. The van der Waals surface area contributed by atoms with Gasteiger partial charge in [0.2, 0.25) is 5.13 Å². The normalized spacial score (nSPS) is 11.8. The van der Waals surface area contributed by atoms with Gasteiger partial charge in [-0.1, -0.05) is 16.5 Å². The van der Waals surface area contributed by atoms with E-state index in [1.807, 2.05) is 0 Å². The van der Waals surface area contributed by atoms with Crippen LogP contribution in [0.2, 0.25) is 0 Å². The topological polar surface area (TPSA) is 117 Å². The van der Waals surface area contributed by atoms with Gasteiger partial charge in [0.25, 0.3) is 0 Å². The molecule has 0 radical (unpaired) electrons. The van der Waals surface area contributed by atoms with Crippen LogP contribution in [0, 0.1) is 5.92 Å². The molecule has 0 spiro atoms. The first-order valence-corrected chi connectivity index (χ1v) is 5.29. The van der Waals surface area contributed by atoms with E-state index in [-0.39, 0.29) is 6.54 Å². The second-order valence-electron chi connectivity index (χ2n) is 3.08. The van der Waals surface area contributed by atoms with Crippen molar-refractivity contribution in [1.29, 1.82) is 0 Å². The van der Waals surface area contributed by atoms with E-state index in [9.17, 15) is 9.59 Å².